The third-order valence-electron chi connectivity index (χ3n) is 1.98. The van der Waals surface area contributed by atoms with Gasteiger partial charge in [-0.25, -0.2) is 0 Å². The van der Waals surface area contributed by atoms with Crippen molar-refractivity contribution in [3.05, 3.63) is 24.3 Å². The zero-order valence-electron chi connectivity index (χ0n) is 7.01. The van der Waals surface area contributed by atoms with E-state index in [1.807, 2.05) is 0 Å². The molecule has 2 unspecified atom stereocenters. The molecule has 1 aliphatic carbocycles. The van der Waals surface area contributed by atoms with Crippen LogP contribution in [0.5, 0.6) is 0 Å². The molecule has 0 radical (unpaired) electrons. The van der Waals surface area contributed by atoms with Crippen molar-refractivity contribution < 1.29 is 17.9 Å². The van der Waals surface area contributed by atoms with Crippen LogP contribution >= 0.6 is 0 Å². The Hall–Kier alpha value is -0.810. The Balaban J connectivity index is 3.00. The Kier molecular flexibility index (Phi) is 2.49. The Morgan fingerprint density at radius 3 is 2.38 bits per heavy atom. The minimum atomic E-state index is -4.51. The maximum Gasteiger partial charge on any atom is 0.412 e. The van der Waals surface area contributed by atoms with E-state index in [9.17, 15) is 13.2 Å². The summed E-state index contributed by atoms with van der Waals surface area (Å²) in [5, 5.41) is 0. The molecule has 0 spiro atoms. The first kappa shape index (κ1) is 10.3. The standard InChI is InChI=1S/C8H10F3NO/c1-13-6-4-2-3-5-7(6,12)8(9,10)11/h2-6H,12H2,1H3. The smallest absolute Gasteiger partial charge is 0.375 e. The molecule has 1 aliphatic rings. The molecule has 0 aliphatic heterocycles. The van der Waals surface area contributed by atoms with E-state index >= 15 is 0 Å². The second-order valence-corrected chi connectivity index (χ2v) is 2.83. The largest absolute Gasteiger partial charge is 0.412 e. The molecule has 2 atom stereocenters. The summed E-state index contributed by atoms with van der Waals surface area (Å²) in [6.07, 6.45) is -0.727. The van der Waals surface area contributed by atoms with Gasteiger partial charge < -0.3 is 10.5 Å². The molecule has 0 saturated heterocycles. The number of halogens is 3. The summed E-state index contributed by atoms with van der Waals surface area (Å²) >= 11 is 0. The first-order valence-electron chi connectivity index (χ1n) is 3.66. The third-order valence-corrected chi connectivity index (χ3v) is 1.98. The van der Waals surface area contributed by atoms with Gasteiger partial charge in [-0.3, -0.25) is 0 Å². The van der Waals surface area contributed by atoms with Crippen molar-refractivity contribution in [3.63, 3.8) is 0 Å². The predicted molar refractivity (Wildman–Crippen MR) is 42.1 cm³/mol. The van der Waals surface area contributed by atoms with Gasteiger partial charge in [0.15, 0.2) is 5.54 Å². The van der Waals surface area contributed by atoms with Gasteiger partial charge in [-0.2, -0.15) is 13.2 Å². The van der Waals surface area contributed by atoms with E-state index < -0.39 is 17.8 Å². The first-order valence-corrected chi connectivity index (χ1v) is 3.66. The molecule has 0 fully saturated rings. The van der Waals surface area contributed by atoms with Crippen LogP contribution in [-0.2, 0) is 4.74 Å². The molecule has 1 rings (SSSR count). The molecule has 0 aromatic heterocycles. The fourth-order valence-electron chi connectivity index (χ4n) is 1.16. The van der Waals surface area contributed by atoms with Crippen LogP contribution in [0.3, 0.4) is 0 Å². The molecule has 0 aromatic rings. The fraction of sp³-hybridized carbons (Fsp3) is 0.500. The highest BCUT2D eigenvalue weighted by atomic mass is 19.4. The van der Waals surface area contributed by atoms with E-state index in [0.29, 0.717) is 0 Å². The molecule has 2 nitrogen and oxygen atoms in total. The molecule has 0 heterocycles. The van der Waals surface area contributed by atoms with Crippen LogP contribution in [-0.4, -0.2) is 24.9 Å². The molecule has 0 saturated carbocycles. The Morgan fingerprint density at radius 2 is 2.00 bits per heavy atom. The van der Waals surface area contributed by atoms with Crippen molar-refractivity contribution >= 4 is 0 Å². The van der Waals surface area contributed by atoms with Crippen molar-refractivity contribution in [2.45, 2.75) is 17.8 Å². The summed E-state index contributed by atoms with van der Waals surface area (Å²) in [5.74, 6) is 0. The monoisotopic (exact) mass is 193 g/mol. The average Bonchev–Trinajstić information content (AvgIpc) is 2.03. The number of rotatable bonds is 1. The predicted octanol–water partition coefficient (Wildman–Crippen LogP) is 1.39. The maximum absolute atomic E-state index is 12.5. The molecule has 0 amide bonds. The summed E-state index contributed by atoms with van der Waals surface area (Å²) in [6.45, 7) is 0. The lowest BCUT2D eigenvalue weighted by atomic mass is 9.89. The minimum absolute atomic E-state index is 0.904. The normalized spacial score (nSPS) is 33.8. The summed E-state index contributed by atoms with van der Waals surface area (Å²) in [7, 11) is 1.20. The number of alkyl halides is 3. The Labute approximate surface area is 73.9 Å². The van der Waals surface area contributed by atoms with Crippen molar-refractivity contribution in [1.29, 1.82) is 0 Å². The van der Waals surface area contributed by atoms with Gasteiger partial charge >= 0.3 is 6.18 Å². The van der Waals surface area contributed by atoms with Crippen molar-refractivity contribution in [2.75, 3.05) is 7.11 Å². The van der Waals surface area contributed by atoms with Gasteiger partial charge in [-0.1, -0.05) is 24.3 Å². The molecular formula is C8H10F3NO. The molecule has 2 N–H and O–H groups in total. The lowest BCUT2D eigenvalue weighted by Crippen LogP contribution is -2.60. The quantitative estimate of drug-likeness (QED) is 0.682. The summed E-state index contributed by atoms with van der Waals surface area (Å²) < 4.78 is 42.1. The fourth-order valence-corrected chi connectivity index (χ4v) is 1.16. The molecule has 0 bridgehead atoms. The Bertz CT molecular complexity index is 246. The van der Waals surface area contributed by atoms with Crippen LogP contribution in [0.2, 0.25) is 0 Å². The van der Waals surface area contributed by atoms with E-state index in [4.69, 9.17) is 5.73 Å². The second kappa shape index (κ2) is 3.16. The minimum Gasteiger partial charge on any atom is -0.375 e. The average molecular weight is 193 g/mol. The molecule has 5 heteroatoms. The van der Waals surface area contributed by atoms with Gasteiger partial charge in [0.1, 0.15) is 6.10 Å². The third kappa shape index (κ3) is 1.62. The zero-order valence-corrected chi connectivity index (χ0v) is 7.01. The second-order valence-electron chi connectivity index (χ2n) is 2.83. The summed E-state index contributed by atoms with van der Waals surface area (Å²) in [6, 6.07) is 0. The van der Waals surface area contributed by atoms with E-state index in [1.165, 1.54) is 25.3 Å². The van der Waals surface area contributed by atoms with Crippen LogP contribution < -0.4 is 5.73 Å². The molecule has 13 heavy (non-hydrogen) atoms. The van der Waals surface area contributed by atoms with Crippen molar-refractivity contribution in [3.8, 4) is 0 Å². The van der Waals surface area contributed by atoms with Gasteiger partial charge in [0.25, 0.3) is 0 Å². The lowest BCUT2D eigenvalue weighted by Gasteiger charge is -2.35. The van der Waals surface area contributed by atoms with Crippen molar-refractivity contribution in [1.82, 2.24) is 0 Å². The van der Waals surface area contributed by atoms with Crippen LogP contribution in [0.4, 0.5) is 13.2 Å². The van der Waals surface area contributed by atoms with E-state index in [2.05, 4.69) is 4.74 Å². The van der Waals surface area contributed by atoms with Gasteiger partial charge in [0.2, 0.25) is 0 Å². The molecule has 0 aromatic carbocycles. The van der Waals surface area contributed by atoms with E-state index in [1.54, 1.807) is 0 Å². The number of hydrogen-bond acceptors (Lipinski definition) is 2. The highest BCUT2D eigenvalue weighted by Crippen LogP contribution is 2.35. The number of ether oxygens (including phenoxy) is 1. The number of allylic oxidation sites excluding steroid dienone is 2. The van der Waals surface area contributed by atoms with Crippen LogP contribution in [0.1, 0.15) is 0 Å². The Morgan fingerprint density at radius 1 is 1.38 bits per heavy atom. The van der Waals surface area contributed by atoms with Crippen LogP contribution in [0, 0.1) is 0 Å². The molecular weight excluding hydrogens is 183 g/mol. The number of nitrogens with two attached hydrogens (primary N) is 1. The lowest BCUT2D eigenvalue weighted by molar-refractivity contribution is -0.193. The first-order chi connectivity index (χ1) is 5.92. The van der Waals surface area contributed by atoms with Gasteiger partial charge in [-0.15, -0.1) is 0 Å². The highest BCUT2D eigenvalue weighted by molar-refractivity contribution is 5.27. The molecule has 74 valence electrons. The van der Waals surface area contributed by atoms with Gasteiger partial charge in [0.05, 0.1) is 0 Å². The van der Waals surface area contributed by atoms with Gasteiger partial charge in [0, 0.05) is 7.11 Å². The highest BCUT2D eigenvalue weighted by Gasteiger charge is 2.55. The van der Waals surface area contributed by atoms with E-state index in [-0.39, 0.29) is 0 Å². The number of methoxy groups -OCH3 is 1. The summed E-state index contributed by atoms with van der Waals surface area (Å²) in [4.78, 5) is 0. The maximum atomic E-state index is 12.5. The summed E-state index contributed by atoms with van der Waals surface area (Å²) in [5.41, 5.74) is 2.80. The van der Waals surface area contributed by atoms with E-state index in [0.717, 1.165) is 6.08 Å². The van der Waals surface area contributed by atoms with Crippen LogP contribution in [0.15, 0.2) is 24.3 Å². The zero-order chi connectivity index (χ0) is 10.1. The van der Waals surface area contributed by atoms with Crippen LogP contribution in [0.25, 0.3) is 0 Å². The topological polar surface area (TPSA) is 35.2 Å². The van der Waals surface area contributed by atoms with Gasteiger partial charge in [-0.05, 0) is 0 Å². The number of hydrogen-bond donors (Lipinski definition) is 1. The SMILES string of the molecule is COC1C=CC=CC1(N)C(F)(F)F. The van der Waals surface area contributed by atoms with Crippen molar-refractivity contribution in [2.24, 2.45) is 5.73 Å².